The Kier molecular flexibility index (Phi) is 4.68. The van der Waals surface area contributed by atoms with Gasteiger partial charge in [0.15, 0.2) is 5.65 Å². The summed E-state index contributed by atoms with van der Waals surface area (Å²) >= 11 is 5.99. The highest BCUT2D eigenvalue weighted by Gasteiger charge is 2.20. The van der Waals surface area contributed by atoms with Crippen LogP contribution in [-0.4, -0.2) is 19.6 Å². The van der Waals surface area contributed by atoms with Crippen LogP contribution >= 0.6 is 11.6 Å². The summed E-state index contributed by atoms with van der Waals surface area (Å²) < 4.78 is 2.02. The lowest BCUT2D eigenvalue weighted by atomic mass is 9.95. The zero-order valence-corrected chi connectivity index (χ0v) is 17.1. The molecule has 1 N–H and O–H groups in total. The van der Waals surface area contributed by atoms with Gasteiger partial charge in [0, 0.05) is 22.3 Å². The van der Waals surface area contributed by atoms with E-state index in [9.17, 15) is 0 Å². The van der Waals surface area contributed by atoms with Crippen LogP contribution in [0, 0.1) is 13.8 Å². The normalized spacial score (nSPS) is 11.9. The Labute approximate surface area is 164 Å². The second-order valence-electron chi connectivity index (χ2n) is 7.27. The van der Waals surface area contributed by atoms with Gasteiger partial charge in [0.1, 0.15) is 5.69 Å². The topological polar surface area (TPSA) is 46.0 Å². The van der Waals surface area contributed by atoms with E-state index in [-0.39, 0.29) is 0 Å². The number of H-pyrrole nitrogens is 1. The quantitative estimate of drug-likeness (QED) is 0.423. The zero-order valence-electron chi connectivity index (χ0n) is 16.3. The standard InChI is InChI=1S/C22H25ClN4/c1-5-16(6-2)18-9-13(3)26-27-21(14(4)24-22(18)27)20-11-17-8-7-15(12-23)10-19(17)25-20/h7-11,16,25H,5-6,12H2,1-4H3. The van der Waals surface area contributed by atoms with Gasteiger partial charge in [-0.05, 0) is 56.4 Å². The summed E-state index contributed by atoms with van der Waals surface area (Å²) in [4.78, 5) is 8.45. The molecule has 4 aromatic rings. The van der Waals surface area contributed by atoms with Crippen molar-refractivity contribution in [3.05, 3.63) is 52.8 Å². The van der Waals surface area contributed by atoms with Crippen molar-refractivity contribution in [2.75, 3.05) is 0 Å². The minimum atomic E-state index is 0.498. The zero-order chi connectivity index (χ0) is 19.1. The molecule has 0 amide bonds. The Morgan fingerprint density at radius 3 is 2.59 bits per heavy atom. The van der Waals surface area contributed by atoms with Crippen molar-refractivity contribution < 1.29 is 0 Å². The average molecular weight is 381 g/mol. The van der Waals surface area contributed by atoms with Crippen molar-refractivity contribution in [1.82, 2.24) is 19.6 Å². The van der Waals surface area contributed by atoms with Gasteiger partial charge >= 0.3 is 0 Å². The lowest BCUT2D eigenvalue weighted by Crippen LogP contribution is -2.05. The number of aromatic amines is 1. The first-order valence-electron chi connectivity index (χ1n) is 9.60. The Morgan fingerprint density at radius 2 is 1.89 bits per heavy atom. The van der Waals surface area contributed by atoms with Crippen molar-refractivity contribution >= 4 is 28.2 Å². The number of aromatic nitrogens is 4. The Balaban J connectivity index is 1.96. The summed E-state index contributed by atoms with van der Waals surface area (Å²) in [5.41, 5.74) is 8.54. The molecular weight excluding hydrogens is 356 g/mol. The summed E-state index contributed by atoms with van der Waals surface area (Å²) in [5, 5.41) is 5.97. The molecule has 0 aliphatic rings. The van der Waals surface area contributed by atoms with Gasteiger partial charge in [0.2, 0.25) is 0 Å². The molecule has 0 aliphatic heterocycles. The molecule has 27 heavy (non-hydrogen) atoms. The first-order chi connectivity index (χ1) is 13.0. The molecule has 0 atom stereocenters. The van der Waals surface area contributed by atoms with Crippen LogP contribution in [-0.2, 0) is 5.88 Å². The molecule has 4 nitrogen and oxygen atoms in total. The number of hydrogen-bond acceptors (Lipinski definition) is 2. The number of alkyl halides is 1. The summed E-state index contributed by atoms with van der Waals surface area (Å²) in [7, 11) is 0. The summed E-state index contributed by atoms with van der Waals surface area (Å²) in [6.07, 6.45) is 2.20. The fourth-order valence-corrected chi connectivity index (χ4v) is 4.17. The number of hydrogen-bond donors (Lipinski definition) is 1. The highest BCUT2D eigenvalue weighted by molar-refractivity contribution is 6.17. The maximum absolute atomic E-state index is 5.99. The van der Waals surface area contributed by atoms with Crippen LogP contribution in [0.15, 0.2) is 30.3 Å². The lowest BCUT2D eigenvalue weighted by Gasteiger charge is -2.14. The minimum absolute atomic E-state index is 0.498. The fourth-order valence-electron chi connectivity index (χ4n) is 4.00. The highest BCUT2D eigenvalue weighted by atomic mass is 35.5. The smallest absolute Gasteiger partial charge is 0.158 e. The van der Waals surface area contributed by atoms with E-state index < -0.39 is 0 Å². The van der Waals surface area contributed by atoms with E-state index in [0.29, 0.717) is 11.8 Å². The SMILES string of the molecule is CCC(CC)c1cc(C)nn2c(-c3cc4ccc(CCl)cc4[nH]3)c(C)nc12. The van der Waals surface area contributed by atoms with E-state index in [1.165, 1.54) is 10.9 Å². The van der Waals surface area contributed by atoms with Gasteiger partial charge in [-0.3, -0.25) is 0 Å². The molecule has 0 fully saturated rings. The number of halogens is 1. The molecule has 140 valence electrons. The van der Waals surface area contributed by atoms with Crippen LogP contribution in [0.3, 0.4) is 0 Å². The van der Waals surface area contributed by atoms with Gasteiger partial charge in [-0.2, -0.15) is 5.10 Å². The first kappa shape index (κ1) is 18.1. The Bertz CT molecular complexity index is 1120. The molecule has 0 radical (unpaired) electrons. The first-order valence-corrected chi connectivity index (χ1v) is 10.1. The van der Waals surface area contributed by atoms with Gasteiger partial charge in [-0.15, -0.1) is 11.6 Å². The summed E-state index contributed by atoms with van der Waals surface area (Å²) in [6.45, 7) is 8.60. The van der Waals surface area contributed by atoms with Crippen LogP contribution in [0.2, 0.25) is 0 Å². The van der Waals surface area contributed by atoms with E-state index in [2.05, 4.69) is 63.0 Å². The molecule has 0 bridgehead atoms. The summed E-state index contributed by atoms with van der Waals surface area (Å²) in [5.74, 6) is 1.01. The molecule has 1 aromatic carbocycles. The van der Waals surface area contributed by atoms with E-state index in [4.69, 9.17) is 21.7 Å². The predicted octanol–water partition coefficient (Wildman–Crippen LogP) is 6.14. The molecule has 5 heteroatoms. The molecule has 0 unspecified atom stereocenters. The number of aryl methyl sites for hydroxylation is 2. The number of fused-ring (bicyclic) bond motifs is 2. The third-order valence-electron chi connectivity index (χ3n) is 5.43. The van der Waals surface area contributed by atoms with Crippen LogP contribution in [0.25, 0.3) is 27.9 Å². The summed E-state index contributed by atoms with van der Waals surface area (Å²) in [6, 6.07) is 10.7. The van der Waals surface area contributed by atoms with Crippen LogP contribution in [0.5, 0.6) is 0 Å². The van der Waals surface area contributed by atoms with Gasteiger partial charge < -0.3 is 4.98 Å². The van der Waals surface area contributed by atoms with E-state index in [0.717, 1.165) is 52.3 Å². The van der Waals surface area contributed by atoms with Crippen molar-refractivity contribution in [3.8, 4) is 11.4 Å². The minimum Gasteiger partial charge on any atom is -0.353 e. The third kappa shape index (κ3) is 3.02. The Morgan fingerprint density at radius 1 is 1.11 bits per heavy atom. The molecule has 0 saturated carbocycles. The molecule has 4 rings (SSSR count). The van der Waals surface area contributed by atoms with Crippen LogP contribution in [0.4, 0.5) is 0 Å². The molecule has 3 heterocycles. The highest BCUT2D eigenvalue weighted by Crippen LogP contribution is 2.32. The monoisotopic (exact) mass is 380 g/mol. The van der Waals surface area contributed by atoms with Crippen molar-refractivity contribution in [2.24, 2.45) is 0 Å². The van der Waals surface area contributed by atoms with E-state index >= 15 is 0 Å². The molecule has 0 spiro atoms. The molecule has 0 saturated heterocycles. The van der Waals surface area contributed by atoms with E-state index in [1.54, 1.807) is 0 Å². The fraction of sp³-hybridized carbons (Fsp3) is 0.364. The number of nitrogens with zero attached hydrogens (tertiary/aromatic N) is 3. The Hall–Kier alpha value is -2.33. The maximum atomic E-state index is 5.99. The van der Waals surface area contributed by atoms with Crippen molar-refractivity contribution in [1.29, 1.82) is 0 Å². The molecule has 0 aliphatic carbocycles. The van der Waals surface area contributed by atoms with Crippen molar-refractivity contribution in [3.63, 3.8) is 0 Å². The molecule has 3 aromatic heterocycles. The van der Waals surface area contributed by atoms with Gasteiger partial charge in [-0.25, -0.2) is 9.50 Å². The number of rotatable bonds is 5. The second kappa shape index (κ2) is 7.01. The third-order valence-corrected chi connectivity index (χ3v) is 5.74. The van der Waals surface area contributed by atoms with Crippen molar-refractivity contribution in [2.45, 2.75) is 52.3 Å². The van der Waals surface area contributed by atoms with Gasteiger partial charge in [0.05, 0.1) is 17.1 Å². The van der Waals surface area contributed by atoms with Crippen LogP contribution < -0.4 is 0 Å². The van der Waals surface area contributed by atoms with E-state index in [1.807, 2.05) is 4.52 Å². The predicted molar refractivity (Wildman–Crippen MR) is 113 cm³/mol. The van der Waals surface area contributed by atoms with Gasteiger partial charge in [0.25, 0.3) is 0 Å². The number of imidazole rings is 1. The maximum Gasteiger partial charge on any atom is 0.158 e. The number of benzene rings is 1. The largest absolute Gasteiger partial charge is 0.353 e. The average Bonchev–Trinajstić information content (AvgIpc) is 3.21. The lowest BCUT2D eigenvalue weighted by molar-refractivity contribution is 0.638. The number of nitrogens with one attached hydrogen (secondary N) is 1. The second-order valence-corrected chi connectivity index (χ2v) is 7.54. The van der Waals surface area contributed by atoms with Gasteiger partial charge in [-0.1, -0.05) is 26.0 Å². The van der Waals surface area contributed by atoms with Crippen LogP contribution in [0.1, 0.15) is 55.1 Å². The molecular formula is C22H25ClN4.